The van der Waals surface area contributed by atoms with Crippen molar-refractivity contribution in [2.75, 3.05) is 12.4 Å². The van der Waals surface area contributed by atoms with Crippen LogP contribution in [-0.2, 0) is 0 Å². The molecule has 1 rings (SSSR count). The Kier molecular flexibility index (Phi) is 5.45. The van der Waals surface area contributed by atoms with Crippen molar-refractivity contribution in [1.82, 2.24) is 4.98 Å². The summed E-state index contributed by atoms with van der Waals surface area (Å²) < 4.78 is 5.60. The zero-order valence-corrected chi connectivity index (χ0v) is 9.46. The van der Waals surface area contributed by atoms with Gasteiger partial charge in [-0.2, -0.15) is 12.6 Å². The number of ether oxygens (including phenoxy) is 1. The number of pyridine rings is 1. The van der Waals surface area contributed by atoms with E-state index in [1.165, 1.54) is 12.8 Å². The van der Waals surface area contributed by atoms with E-state index in [1.807, 2.05) is 19.1 Å². The van der Waals surface area contributed by atoms with Crippen molar-refractivity contribution in [3.63, 3.8) is 0 Å². The van der Waals surface area contributed by atoms with Crippen molar-refractivity contribution in [2.24, 2.45) is 0 Å². The molecule has 0 aromatic carbocycles. The maximum Gasteiger partial charge on any atom is 0.140 e. The smallest absolute Gasteiger partial charge is 0.140 e. The van der Waals surface area contributed by atoms with Crippen LogP contribution in [0.2, 0.25) is 0 Å². The molecule has 0 aliphatic rings. The van der Waals surface area contributed by atoms with E-state index in [1.54, 1.807) is 6.20 Å². The summed E-state index contributed by atoms with van der Waals surface area (Å²) in [5, 5.41) is 0. The van der Waals surface area contributed by atoms with Crippen LogP contribution < -0.4 is 4.74 Å². The van der Waals surface area contributed by atoms with Crippen LogP contribution in [-0.4, -0.2) is 17.3 Å². The first-order chi connectivity index (χ1) is 6.84. The number of aromatic nitrogens is 1. The molecule has 0 fully saturated rings. The Morgan fingerprint density at radius 3 is 2.93 bits per heavy atom. The summed E-state index contributed by atoms with van der Waals surface area (Å²) in [4.78, 5) is 4.16. The van der Waals surface area contributed by atoms with Crippen LogP contribution in [0.3, 0.4) is 0 Å². The molecule has 78 valence electrons. The second kappa shape index (κ2) is 6.71. The number of rotatable bonds is 6. The molecule has 2 nitrogen and oxygen atoms in total. The van der Waals surface area contributed by atoms with Crippen molar-refractivity contribution < 1.29 is 4.74 Å². The Labute approximate surface area is 91.1 Å². The van der Waals surface area contributed by atoms with Gasteiger partial charge in [0.05, 0.1) is 12.3 Å². The van der Waals surface area contributed by atoms with Gasteiger partial charge in [-0.15, -0.1) is 0 Å². The monoisotopic (exact) mass is 211 g/mol. The highest BCUT2D eigenvalue weighted by molar-refractivity contribution is 7.80. The van der Waals surface area contributed by atoms with Gasteiger partial charge in [-0.25, -0.2) is 0 Å². The van der Waals surface area contributed by atoms with Gasteiger partial charge in [-0.05, 0) is 44.1 Å². The first kappa shape index (κ1) is 11.4. The fourth-order valence-electron chi connectivity index (χ4n) is 1.19. The third-order valence-electron chi connectivity index (χ3n) is 2.02. The molecule has 14 heavy (non-hydrogen) atoms. The van der Waals surface area contributed by atoms with Gasteiger partial charge in [-0.3, -0.25) is 4.98 Å². The van der Waals surface area contributed by atoms with E-state index in [2.05, 4.69) is 17.6 Å². The van der Waals surface area contributed by atoms with Crippen molar-refractivity contribution in [3.05, 3.63) is 24.0 Å². The number of aryl methyl sites for hydroxylation is 1. The lowest BCUT2D eigenvalue weighted by Gasteiger charge is -2.07. The number of hydrogen-bond acceptors (Lipinski definition) is 3. The second-order valence-corrected chi connectivity index (χ2v) is 3.67. The number of hydrogen-bond donors (Lipinski definition) is 1. The highest BCUT2D eigenvalue weighted by Gasteiger charge is 1.97. The van der Waals surface area contributed by atoms with E-state index < -0.39 is 0 Å². The van der Waals surface area contributed by atoms with Gasteiger partial charge in [0.15, 0.2) is 0 Å². The van der Waals surface area contributed by atoms with Crippen LogP contribution in [0, 0.1) is 6.92 Å². The lowest BCUT2D eigenvalue weighted by Crippen LogP contribution is -1.99. The number of unbranched alkanes of at least 4 members (excludes halogenated alkanes) is 2. The lowest BCUT2D eigenvalue weighted by atomic mass is 10.2. The van der Waals surface area contributed by atoms with Crippen molar-refractivity contribution in [3.8, 4) is 5.75 Å². The molecule has 1 aromatic heterocycles. The van der Waals surface area contributed by atoms with Gasteiger partial charge in [0.1, 0.15) is 5.75 Å². The molecule has 0 spiro atoms. The highest BCUT2D eigenvalue weighted by atomic mass is 32.1. The lowest BCUT2D eigenvalue weighted by molar-refractivity contribution is 0.303. The van der Waals surface area contributed by atoms with Crippen molar-refractivity contribution >= 4 is 12.6 Å². The predicted molar refractivity (Wildman–Crippen MR) is 62.2 cm³/mol. The molecule has 0 saturated heterocycles. The average Bonchev–Trinajstić information content (AvgIpc) is 2.20. The van der Waals surface area contributed by atoms with Crippen LogP contribution in [0.15, 0.2) is 18.3 Å². The molecule has 0 bridgehead atoms. The fourth-order valence-corrected chi connectivity index (χ4v) is 1.42. The number of nitrogens with zero attached hydrogens (tertiary/aromatic N) is 1. The van der Waals surface area contributed by atoms with E-state index in [0.29, 0.717) is 0 Å². The summed E-state index contributed by atoms with van der Waals surface area (Å²) in [6.45, 7) is 2.74. The predicted octanol–water partition coefficient (Wildman–Crippen LogP) is 2.87. The maximum atomic E-state index is 5.60. The van der Waals surface area contributed by atoms with E-state index in [-0.39, 0.29) is 0 Å². The zero-order chi connectivity index (χ0) is 10.2. The highest BCUT2D eigenvalue weighted by Crippen LogP contribution is 2.13. The maximum absolute atomic E-state index is 5.60. The van der Waals surface area contributed by atoms with Crippen LogP contribution in [0.1, 0.15) is 25.0 Å². The van der Waals surface area contributed by atoms with E-state index >= 15 is 0 Å². The third-order valence-corrected chi connectivity index (χ3v) is 2.33. The summed E-state index contributed by atoms with van der Waals surface area (Å²) in [5.41, 5.74) is 0.960. The van der Waals surface area contributed by atoms with Gasteiger partial charge in [-0.1, -0.05) is 0 Å². The summed E-state index contributed by atoms with van der Waals surface area (Å²) in [6.07, 6.45) is 5.22. The van der Waals surface area contributed by atoms with Crippen LogP contribution in [0.4, 0.5) is 0 Å². The van der Waals surface area contributed by atoms with Gasteiger partial charge in [0, 0.05) is 6.20 Å². The fraction of sp³-hybridized carbons (Fsp3) is 0.545. The molecule has 3 heteroatoms. The summed E-state index contributed by atoms with van der Waals surface area (Å²) in [5.74, 6) is 1.87. The van der Waals surface area contributed by atoms with Crippen LogP contribution in [0.25, 0.3) is 0 Å². The third kappa shape index (κ3) is 4.01. The normalized spacial score (nSPS) is 10.1. The first-order valence-electron chi connectivity index (χ1n) is 5.00. The first-order valence-corrected chi connectivity index (χ1v) is 5.63. The van der Waals surface area contributed by atoms with Gasteiger partial charge in [0.25, 0.3) is 0 Å². The average molecular weight is 211 g/mol. The minimum absolute atomic E-state index is 0.778. The van der Waals surface area contributed by atoms with Gasteiger partial charge < -0.3 is 4.74 Å². The molecule has 0 amide bonds. The minimum Gasteiger partial charge on any atom is -0.492 e. The standard InChI is InChI=1S/C11H17NOS/c1-10-11(6-5-7-12-10)13-8-3-2-4-9-14/h5-7,14H,2-4,8-9H2,1H3. The molecule has 0 radical (unpaired) electrons. The molecule has 1 aromatic rings. The summed E-state index contributed by atoms with van der Waals surface area (Å²) in [6, 6.07) is 3.86. The number of thiol groups is 1. The van der Waals surface area contributed by atoms with Crippen molar-refractivity contribution in [1.29, 1.82) is 0 Å². The zero-order valence-electron chi connectivity index (χ0n) is 8.57. The Morgan fingerprint density at radius 1 is 1.36 bits per heavy atom. The van der Waals surface area contributed by atoms with E-state index in [4.69, 9.17) is 4.74 Å². The Morgan fingerprint density at radius 2 is 2.21 bits per heavy atom. The Bertz CT molecular complexity index is 265. The molecule has 0 aliphatic carbocycles. The molecule has 0 N–H and O–H groups in total. The van der Waals surface area contributed by atoms with Gasteiger partial charge >= 0.3 is 0 Å². The van der Waals surface area contributed by atoms with E-state index in [9.17, 15) is 0 Å². The van der Waals surface area contributed by atoms with Crippen LogP contribution in [0.5, 0.6) is 5.75 Å². The molecule has 1 heterocycles. The Hall–Kier alpha value is -0.700. The van der Waals surface area contributed by atoms with Crippen LogP contribution >= 0.6 is 12.6 Å². The molecular weight excluding hydrogens is 194 g/mol. The molecule has 0 aliphatic heterocycles. The SMILES string of the molecule is Cc1ncccc1OCCCCCS. The summed E-state index contributed by atoms with van der Waals surface area (Å²) >= 11 is 4.16. The molecule has 0 saturated carbocycles. The topological polar surface area (TPSA) is 22.1 Å². The minimum atomic E-state index is 0.778. The Balaban J connectivity index is 2.21. The van der Waals surface area contributed by atoms with Crippen molar-refractivity contribution in [2.45, 2.75) is 26.2 Å². The summed E-state index contributed by atoms with van der Waals surface area (Å²) in [7, 11) is 0. The van der Waals surface area contributed by atoms with E-state index in [0.717, 1.165) is 30.2 Å². The molecule has 0 unspecified atom stereocenters. The molecule has 0 atom stereocenters. The largest absolute Gasteiger partial charge is 0.492 e. The second-order valence-electron chi connectivity index (χ2n) is 3.22. The molecular formula is C11H17NOS. The van der Waals surface area contributed by atoms with Gasteiger partial charge in [0.2, 0.25) is 0 Å². The quantitative estimate of drug-likeness (QED) is 0.577.